The van der Waals surface area contributed by atoms with Gasteiger partial charge in [0, 0.05) is 17.3 Å². The van der Waals surface area contributed by atoms with Crippen LogP contribution in [0.15, 0.2) is 66.9 Å². The lowest BCUT2D eigenvalue weighted by atomic mass is 9.99. The summed E-state index contributed by atoms with van der Waals surface area (Å²) in [7, 11) is 1.66. The second-order valence-corrected chi connectivity index (χ2v) is 5.74. The monoisotopic (exact) mass is 328 g/mol. The Morgan fingerprint density at radius 1 is 1.00 bits per heavy atom. The van der Waals surface area contributed by atoms with Crippen LogP contribution in [0.1, 0.15) is 11.1 Å². The number of carbonyl (C=O) groups is 1. The summed E-state index contributed by atoms with van der Waals surface area (Å²) in [5.74, 6) is 1.27. The molecule has 0 bridgehead atoms. The molecule has 1 N–H and O–H groups in total. The number of aromatic nitrogens is 1. The number of nitrogens with zero attached hydrogens (tertiary/aromatic N) is 1. The van der Waals surface area contributed by atoms with E-state index in [2.05, 4.69) is 10.3 Å². The number of hydrogen-bond donors (Lipinski definition) is 1. The van der Waals surface area contributed by atoms with Gasteiger partial charge in [-0.25, -0.2) is 4.98 Å². The summed E-state index contributed by atoms with van der Waals surface area (Å²) in [6.07, 6.45) is 3.55. The largest absolute Gasteiger partial charge is 0.496 e. The van der Waals surface area contributed by atoms with Crippen LogP contribution in [0.25, 0.3) is 22.8 Å². The van der Waals surface area contributed by atoms with E-state index >= 15 is 0 Å². The van der Waals surface area contributed by atoms with Crippen molar-refractivity contribution in [3.63, 3.8) is 0 Å². The van der Waals surface area contributed by atoms with Gasteiger partial charge in [-0.15, -0.1) is 0 Å². The fraction of sp³-hybridized carbons (Fsp3) is 0.0476. The molecule has 0 unspecified atom stereocenters. The molecule has 0 radical (unpaired) electrons. The number of fused-ring (bicyclic) bond motifs is 1. The van der Waals surface area contributed by atoms with E-state index in [1.54, 1.807) is 13.3 Å². The number of amides is 1. The van der Waals surface area contributed by atoms with Gasteiger partial charge >= 0.3 is 0 Å². The molecule has 1 aliphatic rings. The molecule has 0 fully saturated rings. The Labute approximate surface area is 145 Å². The summed E-state index contributed by atoms with van der Waals surface area (Å²) in [6.45, 7) is 0. The van der Waals surface area contributed by atoms with Gasteiger partial charge < -0.3 is 10.1 Å². The van der Waals surface area contributed by atoms with Gasteiger partial charge in [0.15, 0.2) is 0 Å². The smallest absolute Gasteiger partial charge is 0.257 e. The highest BCUT2D eigenvalue weighted by Gasteiger charge is 2.24. The third-order valence-corrected chi connectivity index (χ3v) is 4.19. The average Bonchev–Trinajstić information content (AvgIpc) is 2.98. The molecule has 2 heterocycles. The molecule has 122 valence electrons. The second-order valence-electron chi connectivity index (χ2n) is 5.74. The first-order chi connectivity index (χ1) is 12.3. The highest BCUT2D eigenvalue weighted by Crippen LogP contribution is 2.34. The van der Waals surface area contributed by atoms with Crippen LogP contribution in [0.4, 0.5) is 5.82 Å². The van der Waals surface area contributed by atoms with Crippen molar-refractivity contribution in [2.24, 2.45) is 0 Å². The molecule has 0 spiro atoms. The molecule has 1 aromatic heterocycles. The number of carbonyl (C=O) groups excluding carboxylic acids is 1. The van der Waals surface area contributed by atoms with E-state index in [-0.39, 0.29) is 5.91 Å². The van der Waals surface area contributed by atoms with Crippen molar-refractivity contribution in [2.75, 3.05) is 12.4 Å². The normalized spacial score (nSPS) is 14.3. The van der Waals surface area contributed by atoms with Crippen LogP contribution in [0.2, 0.25) is 0 Å². The molecule has 0 saturated carbocycles. The van der Waals surface area contributed by atoms with E-state index in [0.29, 0.717) is 11.4 Å². The molecule has 0 atom stereocenters. The maximum Gasteiger partial charge on any atom is 0.257 e. The van der Waals surface area contributed by atoms with Gasteiger partial charge in [0.05, 0.1) is 12.7 Å². The van der Waals surface area contributed by atoms with E-state index < -0.39 is 0 Å². The Morgan fingerprint density at radius 3 is 2.64 bits per heavy atom. The minimum atomic E-state index is -0.134. The number of anilines is 1. The first kappa shape index (κ1) is 15.1. The van der Waals surface area contributed by atoms with Gasteiger partial charge in [0.2, 0.25) is 0 Å². The maximum atomic E-state index is 12.3. The van der Waals surface area contributed by atoms with Crippen molar-refractivity contribution in [3.05, 3.63) is 78.0 Å². The van der Waals surface area contributed by atoms with Gasteiger partial charge in [-0.3, -0.25) is 4.79 Å². The van der Waals surface area contributed by atoms with E-state index in [9.17, 15) is 4.79 Å². The summed E-state index contributed by atoms with van der Waals surface area (Å²) in [5, 5.41) is 2.79. The lowest BCUT2D eigenvalue weighted by molar-refractivity contribution is -0.110. The van der Waals surface area contributed by atoms with Crippen LogP contribution < -0.4 is 10.1 Å². The number of rotatable bonds is 3. The SMILES string of the molecule is COc1ccc(C=C2C(=O)Nc3ncccc32)cc1-c1ccccc1. The minimum Gasteiger partial charge on any atom is -0.496 e. The van der Waals surface area contributed by atoms with Crippen molar-refractivity contribution >= 4 is 23.4 Å². The van der Waals surface area contributed by atoms with E-state index in [0.717, 1.165) is 28.0 Å². The van der Waals surface area contributed by atoms with Crippen LogP contribution in [0, 0.1) is 0 Å². The van der Waals surface area contributed by atoms with Crippen LogP contribution in [-0.2, 0) is 4.79 Å². The van der Waals surface area contributed by atoms with Crippen LogP contribution in [0.5, 0.6) is 5.75 Å². The zero-order chi connectivity index (χ0) is 17.2. The van der Waals surface area contributed by atoms with Crippen LogP contribution in [0.3, 0.4) is 0 Å². The molecular formula is C21H16N2O2. The van der Waals surface area contributed by atoms with Crippen molar-refractivity contribution in [1.29, 1.82) is 0 Å². The number of nitrogens with one attached hydrogen (secondary N) is 1. The summed E-state index contributed by atoms with van der Waals surface area (Å²) >= 11 is 0. The summed E-state index contributed by atoms with van der Waals surface area (Å²) in [4.78, 5) is 16.5. The van der Waals surface area contributed by atoms with E-state index in [1.165, 1.54) is 0 Å². The molecule has 0 aliphatic carbocycles. The van der Waals surface area contributed by atoms with Gasteiger partial charge in [0.1, 0.15) is 11.6 Å². The molecule has 2 aromatic carbocycles. The number of ether oxygens (including phenoxy) is 1. The Bertz CT molecular complexity index is 978. The lowest BCUT2D eigenvalue weighted by Crippen LogP contribution is -2.04. The number of pyridine rings is 1. The van der Waals surface area contributed by atoms with Crippen molar-refractivity contribution in [1.82, 2.24) is 4.98 Å². The fourth-order valence-corrected chi connectivity index (χ4v) is 2.99. The number of benzene rings is 2. The molecule has 3 aromatic rings. The van der Waals surface area contributed by atoms with Crippen LogP contribution in [-0.4, -0.2) is 18.0 Å². The van der Waals surface area contributed by atoms with E-state index in [1.807, 2.05) is 66.7 Å². The van der Waals surface area contributed by atoms with Crippen LogP contribution >= 0.6 is 0 Å². The third-order valence-electron chi connectivity index (χ3n) is 4.19. The average molecular weight is 328 g/mol. The quantitative estimate of drug-likeness (QED) is 0.731. The predicted octanol–water partition coefficient (Wildman–Crippen LogP) is 4.25. The predicted molar refractivity (Wildman–Crippen MR) is 99.2 cm³/mol. The number of hydrogen-bond acceptors (Lipinski definition) is 3. The zero-order valence-electron chi connectivity index (χ0n) is 13.7. The summed E-state index contributed by atoms with van der Waals surface area (Å²) < 4.78 is 5.49. The molecule has 4 nitrogen and oxygen atoms in total. The zero-order valence-corrected chi connectivity index (χ0v) is 13.7. The van der Waals surface area contributed by atoms with Gasteiger partial charge in [-0.1, -0.05) is 36.4 Å². The van der Waals surface area contributed by atoms with Crippen molar-refractivity contribution in [3.8, 4) is 16.9 Å². The third kappa shape index (κ3) is 2.78. The summed E-state index contributed by atoms with van der Waals surface area (Å²) in [6, 6.07) is 19.7. The highest BCUT2D eigenvalue weighted by atomic mass is 16.5. The molecule has 4 heteroatoms. The van der Waals surface area contributed by atoms with Crippen molar-refractivity contribution in [2.45, 2.75) is 0 Å². The standard InChI is InChI=1S/C21H16N2O2/c1-25-19-10-9-14(12-17(19)15-6-3-2-4-7-15)13-18-16-8-5-11-22-20(16)23-21(18)24/h2-13H,1H3,(H,22,23,24). The maximum absolute atomic E-state index is 12.3. The highest BCUT2D eigenvalue weighted by molar-refractivity contribution is 6.34. The second kappa shape index (κ2) is 6.24. The number of methoxy groups -OCH3 is 1. The topological polar surface area (TPSA) is 51.2 Å². The Hall–Kier alpha value is -3.40. The Kier molecular flexibility index (Phi) is 3.78. The van der Waals surface area contributed by atoms with E-state index in [4.69, 9.17) is 4.74 Å². The molecule has 25 heavy (non-hydrogen) atoms. The first-order valence-corrected chi connectivity index (χ1v) is 7.98. The lowest BCUT2D eigenvalue weighted by Gasteiger charge is -2.10. The first-order valence-electron chi connectivity index (χ1n) is 7.98. The molecule has 4 rings (SSSR count). The van der Waals surface area contributed by atoms with Gasteiger partial charge in [0.25, 0.3) is 5.91 Å². The molecule has 0 saturated heterocycles. The van der Waals surface area contributed by atoms with Gasteiger partial charge in [-0.2, -0.15) is 0 Å². The fourth-order valence-electron chi connectivity index (χ4n) is 2.99. The minimum absolute atomic E-state index is 0.134. The van der Waals surface area contributed by atoms with Gasteiger partial charge in [-0.05, 0) is 41.5 Å². The molecular weight excluding hydrogens is 312 g/mol. The summed E-state index contributed by atoms with van der Waals surface area (Å²) in [5.41, 5.74) is 4.43. The molecule has 1 aliphatic heterocycles. The Morgan fingerprint density at radius 2 is 1.84 bits per heavy atom. The van der Waals surface area contributed by atoms with Crippen molar-refractivity contribution < 1.29 is 9.53 Å². The Balaban J connectivity index is 1.81. The molecule has 1 amide bonds.